The second-order valence-corrected chi connectivity index (χ2v) is 10.3. The number of carbonyl (C=O) groups excluding carboxylic acids is 5. The minimum Gasteiger partial charge on any atom is -0.506 e. The zero-order valence-corrected chi connectivity index (χ0v) is 23.3. The molecule has 4 amide bonds. The van der Waals surface area contributed by atoms with Gasteiger partial charge in [0.05, 0.1) is 29.7 Å². The number of phenols is 1. The lowest BCUT2D eigenvalue weighted by Gasteiger charge is -2.28. The van der Waals surface area contributed by atoms with Gasteiger partial charge in [-0.25, -0.2) is 4.79 Å². The topological polar surface area (TPSA) is 179 Å². The van der Waals surface area contributed by atoms with E-state index in [-0.39, 0.29) is 40.7 Å². The van der Waals surface area contributed by atoms with Gasteiger partial charge in [-0.05, 0) is 42.2 Å². The van der Waals surface area contributed by atoms with Gasteiger partial charge in [0.25, 0.3) is 11.8 Å². The molecule has 0 aromatic heterocycles. The largest absolute Gasteiger partial charge is 0.506 e. The molecule has 1 aliphatic rings. The normalized spacial score (nSPS) is 14.7. The summed E-state index contributed by atoms with van der Waals surface area (Å²) in [6.45, 7) is 3.61. The number of methoxy groups -OCH3 is 1. The number of aromatic hydroxyl groups is 1. The Bertz CT molecular complexity index is 1340. The number of carbonyl (C=O) groups is 6. The van der Waals surface area contributed by atoms with E-state index in [1.807, 2.05) is 0 Å². The molecule has 0 aliphatic carbocycles. The number of amides is 4. The van der Waals surface area contributed by atoms with E-state index < -0.39 is 60.1 Å². The van der Waals surface area contributed by atoms with Crippen LogP contribution in [0.25, 0.3) is 0 Å². The number of fused-ring (bicyclic) bond motifs is 1. The molecule has 1 heterocycles. The number of imide groups is 1. The zero-order chi connectivity index (χ0) is 30.4. The van der Waals surface area contributed by atoms with Gasteiger partial charge < -0.3 is 25.6 Å². The molecule has 0 fully saturated rings. The summed E-state index contributed by atoms with van der Waals surface area (Å²) in [5.74, 6) is -5.91. The molecule has 12 nitrogen and oxygen atoms in total. The van der Waals surface area contributed by atoms with Crippen molar-refractivity contribution in [1.82, 2.24) is 15.5 Å². The van der Waals surface area contributed by atoms with Crippen LogP contribution in [-0.4, -0.2) is 75.9 Å². The first-order valence-corrected chi connectivity index (χ1v) is 13.1. The number of nitrogens with one attached hydrogen (secondary N) is 2. The minimum atomic E-state index is -1.67. The number of ether oxygens (including phenoxy) is 1. The lowest BCUT2D eigenvalue weighted by Crippen LogP contribution is -2.57. The van der Waals surface area contributed by atoms with E-state index in [1.165, 1.54) is 30.3 Å². The Morgan fingerprint density at radius 2 is 1.54 bits per heavy atom. The highest BCUT2D eigenvalue weighted by Crippen LogP contribution is 2.28. The van der Waals surface area contributed by atoms with Crippen LogP contribution < -0.4 is 10.6 Å². The van der Waals surface area contributed by atoms with E-state index in [4.69, 9.17) is 16.3 Å². The van der Waals surface area contributed by atoms with E-state index in [9.17, 15) is 39.0 Å². The molecule has 0 bridgehead atoms. The highest BCUT2D eigenvalue weighted by molar-refractivity contribution is 6.32. The van der Waals surface area contributed by atoms with Crippen LogP contribution in [0.4, 0.5) is 0 Å². The monoisotopic (exact) mass is 587 g/mol. The Balaban J connectivity index is 1.95. The number of benzene rings is 2. The van der Waals surface area contributed by atoms with Crippen molar-refractivity contribution in [2.45, 2.75) is 51.2 Å². The maximum Gasteiger partial charge on any atom is 0.328 e. The van der Waals surface area contributed by atoms with Crippen molar-refractivity contribution < 1.29 is 43.7 Å². The predicted octanol–water partition coefficient (Wildman–Crippen LogP) is 1.92. The second-order valence-electron chi connectivity index (χ2n) is 9.90. The molecule has 41 heavy (non-hydrogen) atoms. The van der Waals surface area contributed by atoms with Crippen LogP contribution in [0, 0.1) is 5.92 Å². The molecule has 3 rings (SSSR count). The van der Waals surface area contributed by atoms with Gasteiger partial charge in [-0.15, -0.1) is 0 Å². The SMILES string of the molecule is COC(=O)[C@H](CC(C)C)NC(=O)[C@H](CC(=O)O)NC(=O)[C@H](Cc1ccc(O)c(Cl)c1)N1C(=O)c2ccccc2C1=O. The maximum atomic E-state index is 13.7. The molecule has 3 atom stereocenters. The number of hydrogen-bond donors (Lipinski definition) is 4. The van der Waals surface area contributed by atoms with Gasteiger partial charge in [-0.1, -0.05) is 43.6 Å². The van der Waals surface area contributed by atoms with Crippen molar-refractivity contribution in [1.29, 1.82) is 0 Å². The Kier molecular flexibility index (Phi) is 10.1. The van der Waals surface area contributed by atoms with Crippen LogP contribution in [0.3, 0.4) is 0 Å². The number of nitrogens with zero attached hydrogens (tertiary/aromatic N) is 1. The second kappa shape index (κ2) is 13.3. The van der Waals surface area contributed by atoms with Gasteiger partial charge >= 0.3 is 11.9 Å². The molecule has 218 valence electrons. The molecule has 0 unspecified atom stereocenters. The van der Waals surface area contributed by atoms with Crippen molar-refractivity contribution in [2.24, 2.45) is 5.92 Å². The van der Waals surface area contributed by atoms with Gasteiger partial charge in [0.15, 0.2) is 0 Å². The highest BCUT2D eigenvalue weighted by atomic mass is 35.5. The summed E-state index contributed by atoms with van der Waals surface area (Å²) >= 11 is 6.02. The number of esters is 1. The average molecular weight is 588 g/mol. The predicted molar refractivity (Wildman–Crippen MR) is 145 cm³/mol. The Labute approximate surface area is 240 Å². The molecule has 4 N–H and O–H groups in total. The van der Waals surface area contributed by atoms with Crippen LogP contribution in [0.2, 0.25) is 5.02 Å². The molecule has 2 aromatic rings. The zero-order valence-electron chi connectivity index (χ0n) is 22.5. The third kappa shape index (κ3) is 7.40. The Morgan fingerprint density at radius 3 is 2.05 bits per heavy atom. The van der Waals surface area contributed by atoms with Crippen LogP contribution >= 0.6 is 11.6 Å². The number of hydrogen-bond acceptors (Lipinski definition) is 8. The number of phenolic OH excluding ortho intramolecular Hbond substituents is 1. The molecule has 2 aromatic carbocycles. The molecular weight excluding hydrogens is 558 g/mol. The summed E-state index contributed by atoms with van der Waals surface area (Å²) in [4.78, 5) is 77.9. The number of aliphatic carboxylic acids is 1. The number of halogens is 1. The van der Waals surface area contributed by atoms with E-state index in [1.54, 1.807) is 26.0 Å². The van der Waals surface area contributed by atoms with Crippen LogP contribution in [0.1, 0.15) is 53.0 Å². The first kappa shape index (κ1) is 31.1. The molecule has 1 aliphatic heterocycles. The fraction of sp³-hybridized carbons (Fsp3) is 0.357. The Morgan fingerprint density at radius 1 is 0.951 bits per heavy atom. The van der Waals surface area contributed by atoms with Gasteiger partial charge in [0.1, 0.15) is 23.9 Å². The summed E-state index contributed by atoms with van der Waals surface area (Å²) in [6.07, 6.45) is -0.935. The van der Waals surface area contributed by atoms with Crippen molar-refractivity contribution in [3.8, 4) is 5.75 Å². The lowest BCUT2D eigenvalue weighted by molar-refractivity contribution is -0.146. The highest BCUT2D eigenvalue weighted by Gasteiger charge is 2.43. The summed E-state index contributed by atoms with van der Waals surface area (Å²) in [5, 5.41) is 24.0. The summed E-state index contributed by atoms with van der Waals surface area (Å²) in [5.41, 5.74) is 0.522. The fourth-order valence-corrected chi connectivity index (χ4v) is 4.65. The first-order chi connectivity index (χ1) is 19.3. The smallest absolute Gasteiger partial charge is 0.328 e. The van der Waals surface area contributed by atoms with Crippen molar-refractivity contribution in [3.05, 3.63) is 64.2 Å². The summed E-state index contributed by atoms with van der Waals surface area (Å²) in [7, 11) is 1.14. The van der Waals surface area contributed by atoms with Gasteiger partial charge in [0, 0.05) is 6.42 Å². The van der Waals surface area contributed by atoms with Gasteiger partial charge in [-0.3, -0.25) is 28.9 Å². The molecular formula is C28H30ClN3O9. The third-order valence-corrected chi connectivity index (χ3v) is 6.70. The summed E-state index contributed by atoms with van der Waals surface area (Å²) in [6, 6.07) is 5.75. The Hall–Kier alpha value is -4.45. The molecule has 0 spiro atoms. The van der Waals surface area contributed by atoms with E-state index in [2.05, 4.69) is 10.6 Å². The van der Waals surface area contributed by atoms with Crippen LogP contribution in [0.5, 0.6) is 5.75 Å². The van der Waals surface area contributed by atoms with Crippen molar-refractivity contribution >= 4 is 47.2 Å². The van der Waals surface area contributed by atoms with E-state index in [0.717, 1.165) is 12.0 Å². The number of carboxylic acid groups (broad SMARTS) is 1. The number of carboxylic acids is 1. The van der Waals surface area contributed by atoms with Gasteiger partial charge in [-0.2, -0.15) is 0 Å². The van der Waals surface area contributed by atoms with E-state index >= 15 is 0 Å². The standard InChI is InChI=1S/C28H30ClN3O9/c1-14(2)10-20(28(40)41-3)31-24(36)19(13-23(34)35)30-25(37)21(12-15-8-9-22(33)18(29)11-15)32-26(38)16-6-4-5-7-17(16)27(32)39/h4-9,11,14,19-21,33H,10,12-13H2,1-3H3,(H,30,37)(H,31,36)(H,34,35)/t19-,20-,21-/m0/s1. The van der Waals surface area contributed by atoms with Crippen LogP contribution in [0.15, 0.2) is 42.5 Å². The lowest BCUT2D eigenvalue weighted by atomic mass is 10.0. The van der Waals surface area contributed by atoms with E-state index in [0.29, 0.717) is 5.56 Å². The third-order valence-electron chi connectivity index (χ3n) is 6.40. The fourth-order valence-electron chi connectivity index (χ4n) is 4.44. The summed E-state index contributed by atoms with van der Waals surface area (Å²) < 4.78 is 4.73. The maximum absolute atomic E-state index is 13.7. The minimum absolute atomic E-state index is 0.0360. The van der Waals surface area contributed by atoms with Crippen LogP contribution in [-0.2, 0) is 30.3 Å². The molecule has 0 radical (unpaired) electrons. The molecule has 0 saturated carbocycles. The average Bonchev–Trinajstić information content (AvgIpc) is 3.17. The quantitative estimate of drug-likeness (QED) is 0.213. The molecule has 13 heteroatoms. The van der Waals surface area contributed by atoms with Crippen molar-refractivity contribution in [2.75, 3.05) is 7.11 Å². The first-order valence-electron chi connectivity index (χ1n) is 12.7. The number of rotatable bonds is 12. The van der Waals surface area contributed by atoms with Gasteiger partial charge in [0.2, 0.25) is 11.8 Å². The van der Waals surface area contributed by atoms with Crippen molar-refractivity contribution in [3.63, 3.8) is 0 Å². The molecule has 0 saturated heterocycles.